The SMILES string of the molecule is CN=C(NCC(=O)OC(C)(C)C)N1CCC(C)(C)C1.I. The number of carbonyl (C=O) groups is 1. The summed E-state index contributed by atoms with van der Waals surface area (Å²) in [5.41, 5.74) is -0.137. The standard InChI is InChI=1S/C14H27N3O2.HI/c1-13(2,3)19-11(18)9-16-12(15-6)17-8-7-14(4,5)10-17;/h7-10H2,1-6H3,(H,15,16);1H. The van der Waals surface area contributed by atoms with E-state index in [-0.39, 0.29) is 36.5 Å². The van der Waals surface area contributed by atoms with Crippen LogP contribution in [0, 0.1) is 5.41 Å². The topological polar surface area (TPSA) is 53.9 Å². The van der Waals surface area contributed by atoms with Crippen LogP contribution in [0.25, 0.3) is 0 Å². The number of esters is 1. The number of aliphatic imine (C=N–C) groups is 1. The second kappa shape index (κ2) is 7.47. The van der Waals surface area contributed by atoms with Crippen molar-refractivity contribution in [1.82, 2.24) is 10.2 Å². The molecule has 0 aromatic rings. The lowest BCUT2D eigenvalue weighted by Gasteiger charge is -2.24. The van der Waals surface area contributed by atoms with Gasteiger partial charge < -0.3 is 15.0 Å². The molecule has 0 bridgehead atoms. The smallest absolute Gasteiger partial charge is 0.325 e. The Bertz CT molecular complexity index is 362. The summed E-state index contributed by atoms with van der Waals surface area (Å²) in [7, 11) is 1.74. The Hall–Kier alpha value is -0.530. The molecule has 5 nitrogen and oxygen atoms in total. The quantitative estimate of drug-likeness (QED) is 0.336. The van der Waals surface area contributed by atoms with Crippen molar-refractivity contribution in [3.05, 3.63) is 0 Å². The first-order valence-corrected chi connectivity index (χ1v) is 6.80. The van der Waals surface area contributed by atoms with Gasteiger partial charge in [-0.2, -0.15) is 0 Å². The number of likely N-dealkylation sites (tertiary alicyclic amines) is 1. The normalized spacial score (nSPS) is 18.5. The van der Waals surface area contributed by atoms with Gasteiger partial charge in [-0.3, -0.25) is 9.79 Å². The van der Waals surface area contributed by atoms with Gasteiger partial charge in [-0.1, -0.05) is 13.8 Å². The Kier molecular flexibility index (Phi) is 7.27. The lowest BCUT2D eigenvalue weighted by atomic mass is 9.93. The van der Waals surface area contributed by atoms with Gasteiger partial charge in [-0.05, 0) is 32.6 Å². The highest BCUT2D eigenvalue weighted by Gasteiger charge is 2.31. The molecule has 1 saturated heterocycles. The summed E-state index contributed by atoms with van der Waals surface area (Å²) in [6.07, 6.45) is 1.14. The van der Waals surface area contributed by atoms with E-state index in [4.69, 9.17) is 4.74 Å². The van der Waals surface area contributed by atoms with Crippen LogP contribution in [0.2, 0.25) is 0 Å². The molecule has 0 radical (unpaired) electrons. The van der Waals surface area contributed by atoms with Crippen LogP contribution in [0.5, 0.6) is 0 Å². The summed E-state index contributed by atoms with van der Waals surface area (Å²) in [6, 6.07) is 0. The summed E-state index contributed by atoms with van der Waals surface area (Å²) in [5.74, 6) is 0.517. The molecule has 0 amide bonds. The molecule has 0 spiro atoms. The van der Waals surface area contributed by atoms with E-state index in [1.165, 1.54) is 0 Å². The molecule has 1 aliphatic heterocycles. The minimum atomic E-state index is -0.447. The van der Waals surface area contributed by atoms with E-state index in [9.17, 15) is 4.79 Å². The molecule has 0 aromatic carbocycles. The van der Waals surface area contributed by atoms with Crippen LogP contribution in [0.15, 0.2) is 4.99 Å². The molecule has 20 heavy (non-hydrogen) atoms. The molecule has 0 saturated carbocycles. The van der Waals surface area contributed by atoms with Crippen LogP contribution in [-0.2, 0) is 9.53 Å². The Morgan fingerprint density at radius 2 is 2.00 bits per heavy atom. The van der Waals surface area contributed by atoms with Crippen molar-refractivity contribution in [1.29, 1.82) is 0 Å². The molecule has 0 aromatic heterocycles. The predicted octanol–water partition coefficient (Wildman–Crippen LogP) is 2.25. The fourth-order valence-corrected chi connectivity index (χ4v) is 2.15. The number of carbonyl (C=O) groups excluding carboxylic acids is 1. The molecule has 1 N–H and O–H groups in total. The summed E-state index contributed by atoms with van der Waals surface area (Å²) in [5, 5.41) is 3.07. The zero-order chi connectivity index (χ0) is 14.7. The van der Waals surface area contributed by atoms with E-state index in [0.29, 0.717) is 5.41 Å². The average molecular weight is 397 g/mol. The third-order valence-corrected chi connectivity index (χ3v) is 3.00. The Morgan fingerprint density at radius 3 is 2.40 bits per heavy atom. The van der Waals surface area contributed by atoms with Crippen LogP contribution in [0.4, 0.5) is 0 Å². The maximum atomic E-state index is 11.7. The van der Waals surface area contributed by atoms with Crippen LogP contribution in [0.1, 0.15) is 41.0 Å². The van der Waals surface area contributed by atoms with E-state index in [2.05, 4.69) is 29.1 Å². The largest absolute Gasteiger partial charge is 0.459 e. The van der Waals surface area contributed by atoms with Crippen LogP contribution < -0.4 is 5.32 Å². The van der Waals surface area contributed by atoms with Gasteiger partial charge >= 0.3 is 5.97 Å². The second-order valence-corrected chi connectivity index (χ2v) is 6.82. The molecule has 1 aliphatic rings. The van der Waals surface area contributed by atoms with Crippen LogP contribution >= 0.6 is 24.0 Å². The summed E-state index contributed by atoms with van der Waals surface area (Å²) < 4.78 is 5.26. The van der Waals surface area contributed by atoms with Gasteiger partial charge in [-0.15, -0.1) is 24.0 Å². The maximum Gasteiger partial charge on any atom is 0.325 e. The lowest BCUT2D eigenvalue weighted by molar-refractivity contribution is -0.153. The van der Waals surface area contributed by atoms with Crippen molar-refractivity contribution in [3.63, 3.8) is 0 Å². The van der Waals surface area contributed by atoms with Gasteiger partial charge in [0.25, 0.3) is 0 Å². The number of halogens is 1. The van der Waals surface area contributed by atoms with E-state index < -0.39 is 5.60 Å². The van der Waals surface area contributed by atoms with Crippen LogP contribution in [0.3, 0.4) is 0 Å². The van der Waals surface area contributed by atoms with E-state index in [0.717, 1.165) is 25.5 Å². The number of hydrogen-bond acceptors (Lipinski definition) is 3. The van der Waals surface area contributed by atoms with Crippen molar-refractivity contribution in [3.8, 4) is 0 Å². The highest BCUT2D eigenvalue weighted by Crippen LogP contribution is 2.28. The highest BCUT2D eigenvalue weighted by molar-refractivity contribution is 14.0. The van der Waals surface area contributed by atoms with Crippen molar-refractivity contribution in [2.45, 2.75) is 46.6 Å². The van der Waals surface area contributed by atoms with Gasteiger partial charge in [0, 0.05) is 20.1 Å². The maximum absolute atomic E-state index is 11.7. The first-order chi connectivity index (χ1) is 8.63. The first-order valence-electron chi connectivity index (χ1n) is 6.80. The van der Waals surface area contributed by atoms with Gasteiger partial charge in [-0.25, -0.2) is 0 Å². The predicted molar refractivity (Wildman–Crippen MR) is 92.6 cm³/mol. The van der Waals surface area contributed by atoms with Crippen molar-refractivity contribution >= 4 is 35.9 Å². The Morgan fingerprint density at radius 1 is 1.40 bits per heavy atom. The van der Waals surface area contributed by atoms with E-state index >= 15 is 0 Å². The number of nitrogens with zero attached hydrogens (tertiary/aromatic N) is 2. The highest BCUT2D eigenvalue weighted by atomic mass is 127. The number of nitrogens with one attached hydrogen (secondary N) is 1. The van der Waals surface area contributed by atoms with Gasteiger partial charge in [0.05, 0.1) is 0 Å². The van der Waals surface area contributed by atoms with Gasteiger partial charge in [0.2, 0.25) is 0 Å². The van der Waals surface area contributed by atoms with E-state index in [1.54, 1.807) is 7.05 Å². The fourth-order valence-electron chi connectivity index (χ4n) is 2.15. The Balaban J connectivity index is 0.00000361. The minimum absolute atomic E-state index is 0. The molecule has 0 unspecified atom stereocenters. The molecular formula is C14H28IN3O2. The fraction of sp³-hybridized carbons (Fsp3) is 0.857. The summed E-state index contributed by atoms with van der Waals surface area (Å²) >= 11 is 0. The lowest BCUT2D eigenvalue weighted by Crippen LogP contribution is -2.43. The second-order valence-electron chi connectivity index (χ2n) is 6.82. The number of rotatable bonds is 2. The average Bonchev–Trinajstić information content (AvgIpc) is 2.57. The Labute approximate surface area is 139 Å². The number of guanidine groups is 1. The zero-order valence-corrected chi connectivity index (χ0v) is 15.8. The molecule has 0 atom stereocenters. The summed E-state index contributed by atoms with van der Waals surface area (Å²) in [6.45, 7) is 12.2. The summed E-state index contributed by atoms with van der Waals surface area (Å²) in [4.78, 5) is 18.1. The first kappa shape index (κ1) is 19.5. The number of ether oxygens (including phenoxy) is 1. The van der Waals surface area contributed by atoms with Gasteiger partial charge in [0.1, 0.15) is 12.1 Å². The number of hydrogen-bond donors (Lipinski definition) is 1. The van der Waals surface area contributed by atoms with Gasteiger partial charge in [0.15, 0.2) is 5.96 Å². The molecule has 1 rings (SSSR count). The third-order valence-electron chi connectivity index (χ3n) is 3.00. The van der Waals surface area contributed by atoms with Crippen molar-refractivity contribution in [2.75, 3.05) is 26.7 Å². The molecule has 6 heteroatoms. The molecule has 0 aliphatic carbocycles. The molecule has 1 heterocycles. The third kappa shape index (κ3) is 6.76. The zero-order valence-electron chi connectivity index (χ0n) is 13.4. The van der Waals surface area contributed by atoms with E-state index in [1.807, 2.05) is 20.8 Å². The molecular weight excluding hydrogens is 369 g/mol. The molecule has 1 fully saturated rings. The van der Waals surface area contributed by atoms with Crippen molar-refractivity contribution < 1.29 is 9.53 Å². The molecule has 118 valence electrons. The minimum Gasteiger partial charge on any atom is -0.459 e. The van der Waals surface area contributed by atoms with Crippen molar-refractivity contribution in [2.24, 2.45) is 10.4 Å². The monoisotopic (exact) mass is 397 g/mol. The van der Waals surface area contributed by atoms with Crippen LogP contribution in [-0.4, -0.2) is 49.1 Å².